The van der Waals surface area contributed by atoms with Crippen LogP contribution in [0.25, 0.3) is 11.4 Å². The molecule has 0 spiro atoms. The van der Waals surface area contributed by atoms with Gasteiger partial charge in [-0.15, -0.1) is 0 Å². The molecule has 17 heavy (non-hydrogen) atoms. The summed E-state index contributed by atoms with van der Waals surface area (Å²) in [6, 6.07) is 4.57. The fourth-order valence-corrected chi connectivity index (χ4v) is 1.74. The first kappa shape index (κ1) is 11.9. The van der Waals surface area contributed by atoms with E-state index in [1.165, 1.54) is 6.07 Å². The molecule has 0 aliphatic heterocycles. The van der Waals surface area contributed by atoms with Gasteiger partial charge in [0.25, 0.3) is 0 Å². The predicted molar refractivity (Wildman–Crippen MR) is 66.7 cm³/mol. The molecule has 1 heterocycles. The normalized spacial score (nSPS) is 10.5. The predicted octanol–water partition coefficient (Wildman–Crippen LogP) is 2.58. The molecule has 0 saturated heterocycles. The summed E-state index contributed by atoms with van der Waals surface area (Å²) in [7, 11) is 0. The molecule has 0 fully saturated rings. The van der Waals surface area contributed by atoms with Crippen molar-refractivity contribution in [2.45, 2.75) is 13.3 Å². The molecule has 0 amide bonds. The van der Waals surface area contributed by atoms with Gasteiger partial charge in [-0.05, 0) is 34.1 Å². The quantitative estimate of drug-likeness (QED) is 0.925. The number of hydrogen-bond acceptors (Lipinski definition) is 4. The lowest BCUT2D eigenvalue weighted by Gasteiger charge is -2.04. The molecule has 2 N–H and O–H groups in total. The van der Waals surface area contributed by atoms with Gasteiger partial charge in [0.05, 0.1) is 4.47 Å². The zero-order valence-corrected chi connectivity index (χ0v) is 10.7. The van der Waals surface area contributed by atoms with Crippen LogP contribution in [0.15, 0.2) is 22.7 Å². The van der Waals surface area contributed by atoms with Crippen molar-refractivity contribution in [3.05, 3.63) is 34.3 Å². The number of aromatic nitrogens is 3. The van der Waals surface area contributed by atoms with E-state index in [9.17, 15) is 4.39 Å². The van der Waals surface area contributed by atoms with Crippen molar-refractivity contribution in [1.29, 1.82) is 0 Å². The molecule has 0 aliphatic rings. The zero-order chi connectivity index (χ0) is 12.4. The second-order valence-electron chi connectivity index (χ2n) is 3.42. The number of anilines is 1. The Kier molecular flexibility index (Phi) is 3.33. The zero-order valence-electron chi connectivity index (χ0n) is 9.11. The van der Waals surface area contributed by atoms with Crippen LogP contribution in [-0.2, 0) is 6.42 Å². The Morgan fingerprint density at radius 3 is 2.71 bits per heavy atom. The van der Waals surface area contributed by atoms with Crippen LogP contribution < -0.4 is 5.73 Å². The number of nitrogens with two attached hydrogens (primary N) is 1. The maximum Gasteiger partial charge on any atom is 0.223 e. The molecule has 6 heteroatoms. The third-order valence-electron chi connectivity index (χ3n) is 2.19. The summed E-state index contributed by atoms with van der Waals surface area (Å²) in [4.78, 5) is 12.3. The molecule has 0 aliphatic carbocycles. The van der Waals surface area contributed by atoms with E-state index < -0.39 is 0 Å². The van der Waals surface area contributed by atoms with Gasteiger partial charge in [0, 0.05) is 12.0 Å². The molecule has 2 aromatic rings. The van der Waals surface area contributed by atoms with Crippen molar-refractivity contribution < 1.29 is 4.39 Å². The highest BCUT2D eigenvalue weighted by Crippen LogP contribution is 2.23. The molecule has 0 radical (unpaired) electrons. The van der Waals surface area contributed by atoms with Crippen LogP contribution in [-0.4, -0.2) is 15.0 Å². The Labute approximate surface area is 106 Å². The Morgan fingerprint density at radius 2 is 2.06 bits per heavy atom. The van der Waals surface area contributed by atoms with Crippen molar-refractivity contribution in [2.24, 2.45) is 0 Å². The van der Waals surface area contributed by atoms with Crippen molar-refractivity contribution in [2.75, 3.05) is 5.73 Å². The van der Waals surface area contributed by atoms with E-state index in [0.717, 1.165) is 0 Å². The van der Waals surface area contributed by atoms with Crippen LogP contribution in [0, 0.1) is 5.82 Å². The van der Waals surface area contributed by atoms with Crippen molar-refractivity contribution in [1.82, 2.24) is 15.0 Å². The fraction of sp³-hybridized carbons (Fsp3) is 0.182. The van der Waals surface area contributed by atoms with Crippen LogP contribution in [0.5, 0.6) is 0 Å². The standard InChI is InChI=1S/C11H10BrFN4/c1-2-9-15-10(17-11(14)16-9)6-3-4-8(13)7(12)5-6/h3-5H,2H2,1H3,(H2,14,15,16,17). The molecule has 4 nitrogen and oxygen atoms in total. The summed E-state index contributed by atoms with van der Waals surface area (Å²) < 4.78 is 13.5. The number of aryl methyl sites for hydroxylation is 1. The smallest absolute Gasteiger partial charge is 0.223 e. The molecule has 1 aromatic heterocycles. The monoisotopic (exact) mass is 296 g/mol. The lowest BCUT2D eigenvalue weighted by molar-refractivity contribution is 0.621. The number of nitrogens with zero attached hydrogens (tertiary/aromatic N) is 3. The number of halogens is 2. The SMILES string of the molecule is CCc1nc(N)nc(-c2ccc(F)c(Br)c2)n1. The second kappa shape index (κ2) is 4.75. The maximum atomic E-state index is 13.1. The van der Waals surface area contributed by atoms with E-state index in [1.54, 1.807) is 12.1 Å². The maximum absolute atomic E-state index is 13.1. The highest BCUT2D eigenvalue weighted by Gasteiger charge is 2.08. The van der Waals surface area contributed by atoms with E-state index in [1.807, 2.05) is 6.92 Å². The second-order valence-corrected chi connectivity index (χ2v) is 4.27. The first-order valence-electron chi connectivity index (χ1n) is 5.06. The van der Waals surface area contributed by atoms with Crippen molar-refractivity contribution in [3.63, 3.8) is 0 Å². The highest BCUT2D eigenvalue weighted by molar-refractivity contribution is 9.10. The Morgan fingerprint density at radius 1 is 1.29 bits per heavy atom. The Balaban J connectivity index is 2.52. The van der Waals surface area contributed by atoms with Gasteiger partial charge in [-0.25, -0.2) is 9.37 Å². The third-order valence-corrected chi connectivity index (χ3v) is 2.80. The Hall–Kier alpha value is -1.56. The minimum atomic E-state index is -0.327. The van der Waals surface area contributed by atoms with Crippen LogP contribution in [0.4, 0.5) is 10.3 Å². The molecule has 0 bridgehead atoms. The van der Waals surface area contributed by atoms with E-state index in [-0.39, 0.29) is 11.8 Å². The van der Waals surface area contributed by atoms with Gasteiger partial charge in [0.1, 0.15) is 11.6 Å². The number of rotatable bonds is 2. The van der Waals surface area contributed by atoms with E-state index in [4.69, 9.17) is 5.73 Å². The van der Waals surface area contributed by atoms with E-state index >= 15 is 0 Å². The molecule has 88 valence electrons. The number of benzene rings is 1. The molecule has 1 aromatic carbocycles. The lowest BCUT2D eigenvalue weighted by Crippen LogP contribution is -2.04. The highest BCUT2D eigenvalue weighted by atomic mass is 79.9. The number of nitrogen functional groups attached to an aromatic ring is 1. The third kappa shape index (κ3) is 2.58. The lowest BCUT2D eigenvalue weighted by atomic mass is 10.2. The van der Waals surface area contributed by atoms with Crippen LogP contribution in [0.2, 0.25) is 0 Å². The van der Waals surface area contributed by atoms with Gasteiger partial charge >= 0.3 is 0 Å². The van der Waals surface area contributed by atoms with E-state index in [0.29, 0.717) is 28.1 Å². The first-order chi connectivity index (χ1) is 8.10. The summed E-state index contributed by atoms with van der Waals surface area (Å²) >= 11 is 3.12. The van der Waals surface area contributed by atoms with Crippen molar-refractivity contribution in [3.8, 4) is 11.4 Å². The molecular weight excluding hydrogens is 287 g/mol. The summed E-state index contributed by atoms with van der Waals surface area (Å²) in [5.41, 5.74) is 6.29. The minimum Gasteiger partial charge on any atom is -0.368 e. The number of hydrogen-bond donors (Lipinski definition) is 1. The van der Waals surface area contributed by atoms with Gasteiger partial charge in [-0.2, -0.15) is 9.97 Å². The molecule has 0 saturated carbocycles. The molecule has 0 atom stereocenters. The topological polar surface area (TPSA) is 64.7 Å². The summed E-state index contributed by atoms with van der Waals surface area (Å²) in [5, 5.41) is 0. The first-order valence-corrected chi connectivity index (χ1v) is 5.85. The van der Waals surface area contributed by atoms with E-state index in [2.05, 4.69) is 30.9 Å². The van der Waals surface area contributed by atoms with Crippen LogP contribution >= 0.6 is 15.9 Å². The summed E-state index contributed by atoms with van der Waals surface area (Å²) in [6.07, 6.45) is 0.669. The van der Waals surface area contributed by atoms with Crippen molar-refractivity contribution >= 4 is 21.9 Å². The van der Waals surface area contributed by atoms with Gasteiger partial charge in [0.15, 0.2) is 5.82 Å². The molecule has 0 unspecified atom stereocenters. The summed E-state index contributed by atoms with van der Waals surface area (Å²) in [5.74, 6) is 0.918. The molecule has 2 rings (SSSR count). The average Bonchev–Trinajstić information content (AvgIpc) is 2.32. The van der Waals surface area contributed by atoms with Gasteiger partial charge in [0.2, 0.25) is 5.95 Å². The van der Waals surface area contributed by atoms with Gasteiger partial charge in [-0.3, -0.25) is 0 Å². The molecular formula is C11H10BrFN4. The van der Waals surface area contributed by atoms with Gasteiger partial charge < -0.3 is 5.73 Å². The minimum absolute atomic E-state index is 0.173. The van der Waals surface area contributed by atoms with Crippen LogP contribution in [0.1, 0.15) is 12.7 Å². The van der Waals surface area contributed by atoms with Crippen LogP contribution in [0.3, 0.4) is 0 Å². The van der Waals surface area contributed by atoms with Gasteiger partial charge in [-0.1, -0.05) is 6.92 Å². The Bertz CT molecular complexity index is 559. The largest absolute Gasteiger partial charge is 0.368 e. The average molecular weight is 297 g/mol. The fourth-order valence-electron chi connectivity index (χ4n) is 1.36. The summed E-state index contributed by atoms with van der Waals surface area (Å²) in [6.45, 7) is 1.93.